The molecule has 0 heterocycles. The predicted molar refractivity (Wildman–Crippen MR) is 76.1 cm³/mol. The second-order valence-electron chi connectivity index (χ2n) is 5.17. The van der Waals surface area contributed by atoms with Crippen molar-refractivity contribution in [2.45, 2.75) is 40.0 Å². The summed E-state index contributed by atoms with van der Waals surface area (Å²) >= 11 is 0. The summed E-state index contributed by atoms with van der Waals surface area (Å²) in [6.45, 7) is 6.68. The van der Waals surface area contributed by atoms with Crippen LogP contribution in [0.1, 0.15) is 43.4 Å². The second kappa shape index (κ2) is 5.35. The van der Waals surface area contributed by atoms with Crippen molar-refractivity contribution in [2.75, 3.05) is 0 Å². The zero-order chi connectivity index (χ0) is 12.3. The summed E-state index contributed by atoms with van der Waals surface area (Å²) < 4.78 is 0. The number of allylic oxidation sites excluding steroid dienone is 3. The molecule has 0 saturated carbocycles. The largest absolute Gasteiger partial charge is 0.0814 e. The Hall–Kier alpha value is -1.30. The smallest absolute Gasteiger partial charge is 0.0219 e. The van der Waals surface area contributed by atoms with Gasteiger partial charge in [0.2, 0.25) is 0 Å². The van der Waals surface area contributed by atoms with Crippen LogP contribution in [0.2, 0.25) is 0 Å². The third-order valence-corrected chi connectivity index (χ3v) is 3.61. The quantitative estimate of drug-likeness (QED) is 0.685. The Labute approximate surface area is 105 Å². The van der Waals surface area contributed by atoms with E-state index in [1.807, 2.05) is 0 Å². The first-order chi connectivity index (χ1) is 8.19. The molecule has 0 radical (unpaired) electrons. The van der Waals surface area contributed by atoms with Gasteiger partial charge in [0.05, 0.1) is 0 Å². The third-order valence-electron chi connectivity index (χ3n) is 3.61. The highest BCUT2D eigenvalue weighted by atomic mass is 14.1. The van der Waals surface area contributed by atoms with Crippen LogP contribution in [0, 0.1) is 12.8 Å². The highest BCUT2D eigenvalue weighted by Crippen LogP contribution is 2.25. The molecule has 17 heavy (non-hydrogen) atoms. The van der Waals surface area contributed by atoms with Gasteiger partial charge in [0.15, 0.2) is 0 Å². The minimum absolute atomic E-state index is 0.690. The highest BCUT2D eigenvalue weighted by Gasteiger charge is 2.08. The fraction of sp³-hybridized carbons (Fsp3) is 0.412. The number of benzene rings is 1. The lowest BCUT2D eigenvalue weighted by Gasteiger charge is -2.15. The summed E-state index contributed by atoms with van der Waals surface area (Å²) in [5, 5.41) is 0. The van der Waals surface area contributed by atoms with E-state index in [1.54, 1.807) is 0 Å². The van der Waals surface area contributed by atoms with E-state index in [2.05, 4.69) is 57.2 Å². The number of fused-ring (bicyclic) bond motifs is 1. The molecule has 1 unspecified atom stereocenters. The second-order valence-corrected chi connectivity index (χ2v) is 5.17. The van der Waals surface area contributed by atoms with Gasteiger partial charge in [-0.05, 0) is 42.4 Å². The lowest BCUT2D eigenvalue weighted by molar-refractivity contribution is 0.697. The van der Waals surface area contributed by atoms with Crippen LogP contribution >= 0.6 is 0 Å². The van der Waals surface area contributed by atoms with Gasteiger partial charge in [0, 0.05) is 0 Å². The molecule has 0 aliphatic heterocycles. The lowest BCUT2D eigenvalue weighted by atomic mass is 9.90. The fourth-order valence-corrected chi connectivity index (χ4v) is 2.18. The first-order valence-electron chi connectivity index (χ1n) is 6.67. The van der Waals surface area contributed by atoms with E-state index >= 15 is 0 Å². The van der Waals surface area contributed by atoms with E-state index in [1.165, 1.54) is 41.5 Å². The van der Waals surface area contributed by atoms with E-state index in [0.717, 1.165) is 0 Å². The van der Waals surface area contributed by atoms with Crippen LogP contribution in [-0.2, 0) is 6.42 Å². The van der Waals surface area contributed by atoms with E-state index < -0.39 is 0 Å². The fourth-order valence-electron chi connectivity index (χ4n) is 2.18. The Kier molecular flexibility index (Phi) is 3.83. The molecule has 1 aromatic rings. The van der Waals surface area contributed by atoms with Gasteiger partial charge in [0.1, 0.15) is 0 Å². The maximum Gasteiger partial charge on any atom is -0.0219 e. The monoisotopic (exact) mass is 226 g/mol. The van der Waals surface area contributed by atoms with Gasteiger partial charge in [0.25, 0.3) is 0 Å². The van der Waals surface area contributed by atoms with Crippen molar-refractivity contribution in [3.63, 3.8) is 0 Å². The molecule has 0 saturated heterocycles. The standard InChI is InChI=1S/C17H22/c1-4-13(2)5-7-15-8-10-16-9-6-14(3)11-17(16)12-15/h5-7,9,11-13H,4,8,10H2,1-3H3/b7-5+. The van der Waals surface area contributed by atoms with Crippen molar-refractivity contribution in [2.24, 2.45) is 5.92 Å². The van der Waals surface area contributed by atoms with E-state index in [0.29, 0.717) is 5.92 Å². The minimum atomic E-state index is 0.690. The average molecular weight is 226 g/mol. The predicted octanol–water partition coefficient (Wildman–Crippen LogP) is 4.93. The van der Waals surface area contributed by atoms with Crippen LogP contribution in [-0.4, -0.2) is 0 Å². The van der Waals surface area contributed by atoms with Gasteiger partial charge in [-0.2, -0.15) is 0 Å². The molecule has 0 bridgehead atoms. The zero-order valence-corrected chi connectivity index (χ0v) is 11.2. The van der Waals surface area contributed by atoms with Crippen molar-refractivity contribution in [1.82, 2.24) is 0 Å². The van der Waals surface area contributed by atoms with Crippen LogP contribution in [0.3, 0.4) is 0 Å². The molecular formula is C17H22. The van der Waals surface area contributed by atoms with Crippen LogP contribution in [0.15, 0.2) is 35.9 Å². The molecule has 90 valence electrons. The van der Waals surface area contributed by atoms with Gasteiger partial charge in [-0.15, -0.1) is 0 Å². The topological polar surface area (TPSA) is 0 Å². The van der Waals surface area contributed by atoms with Gasteiger partial charge in [-0.25, -0.2) is 0 Å². The summed E-state index contributed by atoms with van der Waals surface area (Å²) in [5.74, 6) is 0.690. The van der Waals surface area contributed by atoms with Crippen molar-refractivity contribution in [3.05, 3.63) is 52.6 Å². The molecule has 1 aromatic carbocycles. The van der Waals surface area contributed by atoms with E-state index in [9.17, 15) is 0 Å². The first kappa shape index (κ1) is 12.2. The van der Waals surface area contributed by atoms with Crippen molar-refractivity contribution in [3.8, 4) is 0 Å². The van der Waals surface area contributed by atoms with Gasteiger partial charge < -0.3 is 0 Å². The molecule has 0 spiro atoms. The number of aryl methyl sites for hydroxylation is 2. The summed E-state index contributed by atoms with van der Waals surface area (Å²) in [6, 6.07) is 6.79. The lowest BCUT2D eigenvalue weighted by Crippen LogP contribution is -1.98. The van der Waals surface area contributed by atoms with Crippen molar-refractivity contribution >= 4 is 6.08 Å². The first-order valence-corrected chi connectivity index (χ1v) is 6.67. The van der Waals surface area contributed by atoms with Crippen LogP contribution < -0.4 is 0 Å². The van der Waals surface area contributed by atoms with Crippen LogP contribution in [0.25, 0.3) is 6.08 Å². The normalized spacial score (nSPS) is 16.8. The van der Waals surface area contributed by atoms with E-state index in [-0.39, 0.29) is 0 Å². The minimum Gasteiger partial charge on any atom is -0.0814 e. The SMILES string of the molecule is CCC(C)/C=C/C1=Cc2cc(C)ccc2CC1. The average Bonchev–Trinajstić information content (AvgIpc) is 2.35. The Morgan fingerprint density at radius 2 is 2.12 bits per heavy atom. The Morgan fingerprint density at radius 3 is 2.88 bits per heavy atom. The summed E-state index contributed by atoms with van der Waals surface area (Å²) in [4.78, 5) is 0. The molecule has 0 aromatic heterocycles. The number of hydrogen-bond acceptors (Lipinski definition) is 0. The van der Waals surface area contributed by atoms with Gasteiger partial charge in [-0.1, -0.05) is 62.3 Å². The third kappa shape index (κ3) is 3.09. The van der Waals surface area contributed by atoms with E-state index in [4.69, 9.17) is 0 Å². The molecule has 0 N–H and O–H groups in total. The molecular weight excluding hydrogens is 204 g/mol. The van der Waals surface area contributed by atoms with Gasteiger partial charge in [-0.3, -0.25) is 0 Å². The molecule has 0 amide bonds. The Balaban J connectivity index is 2.20. The summed E-state index contributed by atoms with van der Waals surface area (Å²) in [7, 11) is 0. The molecule has 1 aliphatic carbocycles. The zero-order valence-electron chi connectivity index (χ0n) is 11.2. The summed E-state index contributed by atoms with van der Waals surface area (Å²) in [5.41, 5.74) is 5.74. The van der Waals surface area contributed by atoms with Crippen molar-refractivity contribution < 1.29 is 0 Å². The number of rotatable bonds is 3. The van der Waals surface area contributed by atoms with Crippen LogP contribution in [0.5, 0.6) is 0 Å². The summed E-state index contributed by atoms with van der Waals surface area (Å²) in [6.07, 6.45) is 10.6. The highest BCUT2D eigenvalue weighted by molar-refractivity contribution is 5.62. The number of hydrogen-bond donors (Lipinski definition) is 0. The molecule has 0 heteroatoms. The Morgan fingerprint density at radius 1 is 1.29 bits per heavy atom. The van der Waals surface area contributed by atoms with Gasteiger partial charge >= 0.3 is 0 Å². The molecule has 1 atom stereocenters. The van der Waals surface area contributed by atoms with Crippen LogP contribution in [0.4, 0.5) is 0 Å². The maximum atomic E-state index is 2.35. The van der Waals surface area contributed by atoms with Crippen molar-refractivity contribution in [1.29, 1.82) is 0 Å². The molecule has 1 aliphatic rings. The molecule has 0 fully saturated rings. The molecule has 2 rings (SSSR count). The molecule has 0 nitrogen and oxygen atoms in total. The maximum absolute atomic E-state index is 2.35. The Bertz CT molecular complexity index is 449.